The highest BCUT2D eigenvalue weighted by Gasteiger charge is 2.28. The fourth-order valence-electron chi connectivity index (χ4n) is 2.71. The quantitative estimate of drug-likeness (QED) is 0.559. The van der Waals surface area contributed by atoms with Crippen molar-refractivity contribution < 1.29 is 14.0 Å². The van der Waals surface area contributed by atoms with Crippen molar-refractivity contribution in [3.8, 4) is 0 Å². The number of rotatable bonds is 7. The lowest BCUT2D eigenvalue weighted by Gasteiger charge is -2.35. The third kappa shape index (κ3) is 4.77. The van der Waals surface area contributed by atoms with Gasteiger partial charge in [-0.3, -0.25) is 9.59 Å². The molecule has 0 spiro atoms. The summed E-state index contributed by atoms with van der Waals surface area (Å²) in [6.45, 7) is 0.510. The molecule has 0 radical (unpaired) electrons. The van der Waals surface area contributed by atoms with Gasteiger partial charge >= 0.3 is 0 Å². The van der Waals surface area contributed by atoms with Crippen LogP contribution in [0.2, 0.25) is 0 Å². The van der Waals surface area contributed by atoms with E-state index in [0.717, 1.165) is 0 Å². The molecule has 0 saturated heterocycles. The van der Waals surface area contributed by atoms with Gasteiger partial charge in [0.2, 0.25) is 0 Å². The normalized spacial score (nSPS) is 10.7. The summed E-state index contributed by atoms with van der Waals surface area (Å²) < 4.78 is 5.31. The molecule has 0 unspecified atom stereocenters. The molecule has 2 amide bonds. The first kappa shape index (κ1) is 18.9. The molecule has 0 fully saturated rings. The number of carbonyl (C=O) groups excluding carboxylic acids is 2. The zero-order valence-electron chi connectivity index (χ0n) is 14.9. The molecule has 2 rings (SSSR count). The van der Waals surface area contributed by atoms with Crippen molar-refractivity contribution in [3.63, 3.8) is 0 Å². The molecule has 0 N–H and O–H groups in total. The number of benzene rings is 2. The first-order valence-electron chi connectivity index (χ1n) is 8.19. The third-order valence-electron chi connectivity index (χ3n) is 4.16. The zero-order valence-corrected chi connectivity index (χ0v) is 16.9. The summed E-state index contributed by atoms with van der Waals surface area (Å²) in [5, 5.41) is 0. The van der Waals surface area contributed by atoms with E-state index >= 15 is 0 Å². The highest BCUT2D eigenvalue weighted by Crippen LogP contribution is 2.15. The predicted octanol–water partition coefficient (Wildman–Crippen LogP) is 1.54. The number of hydrogen-bond donors (Lipinski definition) is 0. The van der Waals surface area contributed by atoms with Gasteiger partial charge in [0.1, 0.15) is 16.7 Å². The molecule has 0 aromatic heterocycles. The lowest BCUT2D eigenvalue weighted by molar-refractivity contribution is 0.0358. The molecule has 2 aromatic carbocycles. The van der Waals surface area contributed by atoms with E-state index in [0.29, 0.717) is 34.6 Å². The standard InChI is InChI=1S/C19H24N2O3Si/c1-20(18(22)15-9-5-3-6-10-15)17(13-14-24-25)21(2)19(23)16-11-7-4-8-12-16/h3-12,17H,13-14H2,1-2,25H3. The van der Waals surface area contributed by atoms with Crippen LogP contribution in [0.1, 0.15) is 27.1 Å². The smallest absolute Gasteiger partial charge is 0.255 e. The lowest BCUT2D eigenvalue weighted by atomic mass is 10.1. The molecule has 6 heteroatoms. The molecule has 0 saturated carbocycles. The van der Waals surface area contributed by atoms with E-state index in [1.54, 1.807) is 48.2 Å². The van der Waals surface area contributed by atoms with Crippen molar-refractivity contribution in [3.05, 3.63) is 71.8 Å². The number of nitrogens with zero attached hydrogens (tertiary/aromatic N) is 2. The Kier molecular flexibility index (Phi) is 6.91. The minimum atomic E-state index is -0.380. The van der Waals surface area contributed by atoms with E-state index in [2.05, 4.69) is 0 Å². The maximum Gasteiger partial charge on any atom is 0.255 e. The molecule has 2 aromatic rings. The monoisotopic (exact) mass is 356 g/mol. The molecular formula is C19H24N2O3Si. The van der Waals surface area contributed by atoms with Crippen molar-refractivity contribution in [2.45, 2.75) is 12.6 Å². The second-order valence-electron chi connectivity index (χ2n) is 5.83. The van der Waals surface area contributed by atoms with Gasteiger partial charge in [0.05, 0.1) is 0 Å². The largest absolute Gasteiger partial charge is 0.428 e. The Labute approximate surface area is 151 Å². The fourth-order valence-corrected chi connectivity index (χ4v) is 2.95. The summed E-state index contributed by atoms with van der Waals surface area (Å²) in [5.74, 6) is -0.238. The summed E-state index contributed by atoms with van der Waals surface area (Å²) in [5.41, 5.74) is 1.20. The van der Waals surface area contributed by atoms with E-state index in [1.165, 1.54) is 0 Å². The van der Waals surface area contributed by atoms with Crippen LogP contribution < -0.4 is 0 Å². The second-order valence-corrected chi connectivity index (χ2v) is 6.40. The van der Waals surface area contributed by atoms with Crippen LogP contribution in [0.4, 0.5) is 0 Å². The van der Waals surface area contributed by atoms with Crippen LogP contribution in [-0.4, -0.2) is 59.0 Å². The average Bonchev–Trinajstić information content (AvgIpc) is 2.68. The molecule has 0 aliphatic rings. The molecule has 0 aliphatic heterocycles. The van der Waals surface area contributed by atoms with E-state index in [-0.39, 0.29) is 18.0 Å². The van der Waals surface area contributed by atoms with Crippen LogP contribution in [0, 0.1) is 0 Å². The van der Waals surface area contributed by atoms with Crippen LogP contribution in [-0.2, 0) is 4.43 Å². The fraction of sp³-hybridized carbons (Fsp3) is 0.263. The molecule has 0 aliphatic carbocycles. The Bertz CT molecular complexity index is 637. The Morgan fingerprint density at radius 1 is 0.880 bits per heavy atom. The predicted molar refractivity (Wildman–Crippen MR) is 101 cm³/mol. The van der Waals surface area contributed by atoms with Crippen molar-refractivity contribution in [2.24, 2.45) is 0 Å². The van der Waals surface area contributed by atoms with Crippen LogP contribution in [0.5, 0.6) is 0 Å². The van der Waals surface area contributed by atoms with E-state index in [9.17, 15) is 9.59 Å². The second kappa shape index (κ2) is 9.15. The minimum Gasteiger partial charge on any atom is -0.428 e. The third-order valence-corrected chi connectivity index (χ3v) is 4.56. The molecule has 0 heterocycles. The summed E-state index contributed by atoms with van der Waals surface area (Å²) >= 11 is 0. The van der Waals surface area contributed by atoms with Gasteiger partial charge in [-0.05, 0) is 24.3 Å². The molecular weight excluding hydrogens is 332 g/mol. The maximum absolute atomic E-state index is 12.8. The van der Waals surface area contributed by atoms with Crippen molar-refractivity contribution >= 4 is 22.3 Å². The summed E-state index contributed by atoms with van der Waals surface area (Å²) in [4.78, 5) is 28.8. The summed E-state index contributed by atoms with van der Waals surface area (Å²) in [6.07, 6.45) is 0.183. The molecule has 132 valence electrons. The van der Waals surface area contributed by atoms with Crippen molar-refractivity contribution in [2.75, 3.05) is 20.7 Å². The van der Waals surface area contributed by atoms with E-state index in [1.807, 2.05) is 36.4 Å². The van der Waals surface area contributed by atoms with Gasteiger partial charge in [-0.1, -0.05) is 36.4 Å². The first-order valence-corrected chi connectivity index (χ1v) is 9.01. The Balaban J connectivity index is 2.22. The van der Waals surface area contributed by atoms with Crippen LogP contribution in [0.3, 0.4) is 0 Å². The number of hydrogen-bond acceptors (Lipinski definition) is 3. The van der Waals surface area contributed by atoms with Gasteiger partial charge in [-0.2, -0.15) is 0 Å². The zero-order chi connectivity index (χ0) is 18.2. The minimum absolute atomic E-state index is 0.119. The van der Waals surface area contributed by atoms with Crippen molar-refractivity contribution in [1.82, 2.24) is 9.80 Å². The van der Waals surface area contributed by atoms with Gasteiger partial charge in [0, 0.05) is 38.2 Å². The molecule has 0 bridgehead atoms. The van der Waals surface area contributed by atoms with Gasteiger partial charge < -0.3 is 14.2 Å². The summed E-state index contributed by atoms with van der Waals surface area (Å²) in [6, 6.07) is 18.2. The topological polar surface area (TPSA) is 49.9 Å². The van der Waals surface area contributed by atoms with Gasteiger partial charge in [0.15, 0.2) is 0 Å². The van der Waals surface area contributed by atoms with Gasteiger partial charge in [-0.15, -0.1) is 0 Å². The van der Waals surface area contributed by atoms with Crippen molar-refractivity contribution in [1.29, 1.82) is 0 Å². The Hall–Kier alpha value is -2.44. The van der Waals surface area contributed by atoms with Crippen LogP contribution >= 0.6 is 0 Å². The van der Waals surface area contributed by atoms with Crippen LogP contribution in [0.25, 0.3) is 0 Å². The maximum atomic E-state index is 12.8. The average molecular weight is 356 g/mol. The van der Waals surface area contributed by atoms with E-state index in [4.69, 9.17) is 4.43 Å². The SMILES string of the molecule is CN(C(=O)c1ccccc1)C(CCO[SiH3])N(C)C(=O)c1ccccc1. The molecule has 25 heavy (non-hydrogen) atoms. The molecule has 0 atom stereocenters. The number of amides is 2. The first-order chi connectivity index (χ1) is 12.1. The van der Waals surface area contributed by atoms with Gasteiger partial charge in [-0.25, -0.2) is 0 Å². The molecule has 5 nitrogen and oxygen atoms in total. The van der Waals surface area contributed by atoms with Gasteiger partial charge in [0.25, 0.3) is 11.8 Å². The van der Waals surface area contributed by atoms with E-state index < -0.39 is 0 Å². The number of carbonyl (C=O) groups is 2. The highest BCUT2D eigenvalue weighted by molar-refractivity contribution is 5.98. The Morgan fingerprint density at radius 2 is 1.28 bits per heavy atom. The highest BCUT2D eigenvalue weighted by atomic mass is 28.2. The summed E-state index contributed by atoms with van der Waals surface area (Å²) in [7, 11) is 4.07. The van der Waals surface area contributed by atoms with Crippen LogP contribution in [0.15, 0.2) is 60.7 Å². The lowest BCUT2D eigenvalue weighted by Crippen LogP contribution is -2.50. The Morgan fingerprint density at radius 3 is 1.64 bits per heavy atom.